The number of rotatable bonds is 4. The summed E-state index contributed by atoms with van der Waals surface area (Å²) in [6.45, 7) is 7.70. The van der Waals surface area contributed by atoms with Crippen molar-refractivity contribution in [3.8, 4) is 5.75 Å². The van der Waals surface area contributed by atoms with Gasteiger partial charge >= 0.3 is 7.12 Å². The fraction of sp³-hybridized carbons (Fsp3) is 0.571. The minimum atomic E-state index is -0.730. The summed E-state index contributed by atoms with van der Waals surface area (Å²) in [4.78, 5) is 0. The minimum absolute atomic E-state index is 0.111. The van der Waals surface area contributed by atoms with E-state index in [9.17, 15) is 4.39 Å². The molecule has 0 amide bonds. The van der Waals surface area contributed by atoms with Gasteiger partial charge in [-0.05, 0) is 33.8 Å². The molecule has 0 atom stereocenters. The Morgan fingerprint density at radius 3 is 2.30 bits per heavy atom. The Bertz CT molecular complexity index is 474. The van der Waals surface area contributed by atoms with Crippen LogP contribution >= 0.6 is 0 Å². The van der Waals surface area contributed by atoms with Crippen molar-refractivity contribution in [1.29, 1.82) is 0 Å². The van der Waals surface area contributed by atoms with Crippen LogP contribution in [-0.2, 0) is 9.31 Å². The number of benzene rings is 1. The average Bonchev–Trinajstić information content (AvgIpc) is 2.55. The number of aliphatic hydroxyl groups is 1. The molecule has 1 aromatic carbocycles. The SMILES string of the molecule is CC1(C)OB(c2ccc(OCCO)cc2F)OC1(C)C. The molecule has 0 bridgehead atoms. The van der Waals surface area contributed by atoms with Gasteiger partial charge in [-0.2, -0.15) is 0 Å². The van der Waals surface area contributed by atoms with Gasteiger partial charge < -0.3 is 19.2 Å². The molecular weight excluding hydrogens is 262 g/mol. The topological polar surface area (TPSA) is 47.9 Å². The summed E-state index contributed by atoms with van der Waals surface area (Å²) in [5.74, 6) is -0.0734. The fourth-order valence-corrected chi connectivity index (χ4v) is 1.92. The van der Waals surface area contributed by atoms with Gasteiger partial charge in [0.1, 0.15) is 18.2 Å². The highest BCUT2D eigenvalue weighted by Crippen LogP contribution is 2.36. The highest BCUT2D eigenvalue weighted by Gasteiger charge is 2.52. The van der Waals surface area contributed by atoms with Crippen LogP contribution < -0.4 is 10.2 Å². The lowest BCUT2D eigenvalue weighted by Gasteiger charge is -2.32. The van der Waals surface area contributed by atoms with Crippen molar-refractivity contribution in [3.63, 3.8) is 0 Å². The molecule has 0 aromatic heterocycles. The highest BCUT2D eigenvalue weighted by molar-refractivity contribution is 6.62. The van der Waals surface area contributed by atoms with Crippen LogP contribution in [0.5, 0.6) is 5.75 Å². The number of halogens is 1. The Morgan fingerprint density at radius 2 is 1.80 bits per heavy atom. The van der Waals surface area contributed by atoms with Crippen LogP contribution in [0.1, 0.15) is 27.7 Å². The average molecular weight is 282 g/mol. The van der Waals surface area contributed by atoms with E-state index in [-0.39, 0.29) is 13.2 Å². The van der Waals surface area contributed by atoms with Gasteiger partial charge in [-0.3, -0.25) is 0 Å². The molecule has 1 fully saturated rings. The molecule has 0 aliphatic carbocycles. The predicted octanol–water partition coefficient (Wildman–Crippen LogP) is 1.50. The maximum Gasteiger partial charge on any atom is 0.497 e. The van der Waals surface area contributed by atoms with Crippen molar-refractivity contribution in [2.45, 2.75) is 38.9 Å². The molecule has 1 aromatic rings. The Hall–Kier alpha value is -1.11. The van der Waals surface area contributed by atoms with Crippen molar-refractivity contribution >= 4 is 12.6 Å². The third-order valence-electron chi connectivity index (χ3n) is 3.84. The maximum absolute atomic E-state index is 14.1. The molecule has 4 nitrogen and oxygen atoms in total. The second kappa shape index (κ2) is 5.35. The summed E-state index contributed by atoms with van der Waals surface area (Å²) in [5, 5.41) is 8.68. The molecule has 1 aliphatic rings. The van der Waals surface area contributed by atoms with Gasteiger partial charge in [0.15, 0.2) is 0 Å². The normalized spacial score (nSPS) is 20.2. The Morgan fingerprint density at radius 1 is 1.20 bits per heavy atom. The monoisotopic (exact) mass is 282 g/mol. The van der Waals surface area contributed by atoms with Crippen LogP contribution in [0.15, 0.2) is 18.2 Å². The van der Waals surface area contributed by atoms with Crippen LogP contribution in [-0.4, -0.2) is 36.6 Å². The number of hydrogen-bond donors (Lipinski definition) is 1. The van der Waals surface area contributed by atoms with Crippen LogP contribution in [0.2, 0.25) is 0 Å². The molecule has 1 N–H and O–H groups in total. The molecule has 2 rings (SSSR count). The zero-order valence-electron chi connectivity index (χ0n) is 12.3. The number of aliphatic hydroxyl groups excluding tert-OH is 1. The largest absolute Gasteiger partial charge is 0.497 e. The third kappa shape index (κ3) is 2.82. The van der Waals surface area contributed by atoms with E-state index in [0.29, 0.717) is 11.2 Å². The number of ether oxygens (including phenoxy) is 1. The van der Waals surface area contributed by atoms with Gasteiger partial charge in [-0.25, -0.2) is 4.39 Å². The molecule has 110 valence electrons. The smallest absolute Gasteiger partial charge is 0.491 e. The second-order valence-corrected chi connectivity index (χ2v) is 5.84. The highest BCUT2D eigenvalue weighted by atomic mass is 19.1. The first kappa shape index (κ1) is 15.3. The zero-order chi connectivity index (χ0) is 15.0. The maximum atomic E-state index is 14.1. The van der Waals surface area contributed by atoms with E-state index in [1.54, 1.807) is 12.1 Å². The van der Waals surface area contributed by atoms with E-state index in [2.05, 4.69) is 0 Å². The quantitative estimate of drug-likeness (QED) is 0.850. The molecule has 0 radical (unpaired) electrons. The van der Waals surface area contributed by atoms with Crippen LogP contribution in [0.3, 0.4) is 0 Å². The van der Waals surface area contributed by atoms with Crippen LogP contribution in [0, 0.1) is 5.82 Å². The van der Waals surface area contributed by atoms with Gasteiger partial charge in [-0.15, -0.1) is 0 Å². The molecule has 1 saturated heterocycles. The van der Waals surface area contributed by atoms with Gasteiger partial charge in [0.2, 0.25) is 0 Å². The Kier molecular flexibility index (Phi) is 4.09. The van der Waals surface area contributed by atoms with E-state index in [1.165, 1.54) is 6.07 Å². The van der Waals surface area contributed by atoms with E-state index < -0.39 is 24.1 Å². The molecule has 0 spiro atoms. The first-order valence-electron chi connectivity index (χ1n) is 6.65. The lowest BCUT2D eigenvalue weighted by atomic mass is 9.78. The van der Waals surface area contributed by atoms with E-state index in [0.717, 1.165) is 0 Å². The molecule has 1 heterocycles. The van der Waals surface area contributed by atoms with Crippen molar-refractivity contribution in [2.75, 3.05) is 13.2 Å². The van der Waals surface area contributed by atoms with Gasteiger partial charge in [0.25, 0.3) is 0 Å². The van der Waals surface area contributed by atoms with Crippen molar-refractivity contribution in [3.05, 3.63) is 24.0 Å². The lowest BCUT2D eigenvalue weighted by molar-refractivity contribution is 0.00578. The molecule has 20 heavy (non-hydrogen) atoms. The van der Waals surface area contributed by atoms with E-state index in [4.69, 9.17) is 19.2 Å². The van der Waals surface area contributed by atoms with Gasteiger partial charge in [0.05, 0.1) is 17.8 Å². The third-order valence-corrected chi connectivity index (χ3v) is 3.84. The summed E-state index contributed by atoms with van der Waals surface area (Å²) in [5.41, 5.74) is -0.660. The first-order chi connectivity index (χ1) is 9.27. The molecular formula is C14H20BFO4. The predicted molar refractivity (Wildman–Crippen MR) is 74.7 cm³/mol. The van der Waals surface area contributed by atoms with E-state index in [1.807, 2.05) is 27.7 Å². The van der Waals surface area contributed by atoms with Crippen molar-refractivity contribution in [2.24, 2.45) is 0 Å². The first-order valence-corrected chi connectivity index (χ1v) is 6.65. The van der Waals surface area contributed by atoms with Gasteiger partial charge in [-0.1, -0.05) is 6.07 Å². The molecule has 6 heteroatoms. The molecule has 0 saturated carbocycles. The second-order valence-electron chi connectivity index (χ2n) is 5.84. The summed E-state index contributed by atoms with van der Waals surface area (Å²) >= 11 is 0. The summed E-state index contributed by atoms with van der Waals surface area (Å²) in [7, 11) is -0.730. The lowest BCUT2D eigenvalue weighted by Crippen LogP contribution is -2.41. The van der Waals surface area contributed by atoms with Crippen molar-refractivity contribution < 1.29 is 23.5 Å². The Labute approximate surface area is 119 Å². The van der Waals surface area contributed by atoms with Gasteiger partial charge in [0, 0.05) is 11.5 Å². The number of hydrogen-bond acceptors (Lipinski definition) is 4. The summed E-state index contributed by atoms with van der Waals surface area (Å²) in [6.07, 6.45) is 0. The Balaban J connectivity index is 2.19. The summed E-state index contributed by atoms with van der Waals surface area (Å²) < 4.78 is 30.9. The van der Waals surface area contributed by atoms with Crippen molar-refractivity contribution in [1.82, 2.24) is 0 Å². The molecule has 1 aliphatic heterocycles. The zero-order valence-corrected chi connectivity index (χ0v) is 12.3. The standard InChI is InChI=1S/C14H20BFO4/c1-13(2)14(3,4)20-15(19-13)11-6-5-10(9-12(11)16)18-8-7-17/h5-6,9,17H,7-8H2,1-4H3. The van der Waals surface area contributed by atoms with Crippen LogP contribution in [0.25, 0.3) is 0 Å². The minimum Gasteiger partial charge on any atom is -0.491 e. The van der Waals surface area contributed by atoms with E-state index >= 15 is 0 Å². The summed E-state index contributed by atoms with van der Waals surface area (Å²) in [6, 6.07) is 4.50. The fourth-order valence-electron chi connectivity index (χ4n) is 1.92. The van der Waals surface area contributed by atoms with Crippen LogP contribution in [0.4, 0.5) is 4.39 Å². The molecule has 0 unspecified atom stereocenters.